The molecule has 0 N–H and O–H groups in total. The van der Waals surface area contributed by atoms with Gasteiger partial charge in [0, 0.05) is 0 Å². The summed E-state index contributed by atoms with van der Waals surface area (Å²) < 4.78 is 18.9. The number of nitrogens with zero attached hydrogens (tertiary/aromatic N) is 4. The lowest BCUT2D eigenvalue weighted by molar-refractivity contribution is 0.0660. The molecule has 28 heavy (non-hydrogen) atoms. The molecule has 1 aromatic heterocycles. The summed E-state index contributed by atoms with van der Waals surface area (Å²) in [5.74, 6) is -1.69. The molecule has 0 saturated heterocycles. The molecule has 3 aromatic rings. The molecule has 0 fully saturated rings. The van der Waals surface area contributed by atoms with Gasteiger partial charge in [-0.3, -0.25) is 9.59 Å². The number of hydrogen-bond acceptors (Lipinski definition) is 6. The van der Waals surface area contributed by atoms with Gasteiger partial charge in [-0.2, -0.15) is 19.5 Å². The Morgan fingerprint density at radius 3 is 2.32 bits per heavy atom. The Morgan fingerprint density at radius 1 is 1.04 bits per heavy atom. The molecule has 0 spiro atoms. The molecule has 7 nitrogen and oxygen atoms in total. The molecule has 4 rings (SSSR count). The van der Waals surface area contributed by atoms with Crippen molar-refractivity contribution in [3.63, 3.8) is 0 Å². The van der Waals surface area contributed by atoms with Crippen molar-refractivity contribution in [2.24, 2.45) is 5.10 Å². The summed E-state index contributed by atoms with van der Waals surface area (Å²) in [6, 6.07) is 12.9. The van der Waals surface area contributed by atoms with Gasteiger partial charge in [-0.15, -0.1) is 0 Å². The van der Waals surface area contributed by atoms with Gasteiger partial charge in [-0.05, 0) is 53.6 Å². The molecule has 0 unspecified atom stereocenters. The summed E-state index contributed by atoms with van der Waals surface area (Å²) in [4.78, 5) is 31.7. The molecule has 0 bridgehead atoms. The highest BCUT2D eigenvalue weighted by molar-refractivity contribution is 6.28. The first-order chi connectivity index (χ1) is 13.5. The Balaban J connectivity index is 1.49. The van der Waals surface area contributed by atoms with Crippen LogP contribution in [0, 0.1) is 5.82 Å². The van der Waals surface area contributed by atoms with Gasteiger partial charge in [0.1, 0.15) is 5.75 Å². The van der Waals surface area contributed by atoms with E-state index in [1.807, 2.05) is 0 Å². The van der Waals surface area contributed by atoms with Crippen molar-refractivity contribution in [3.05, 3.63) is 82.5 Å². The average Bonchev–Trinajstić information content (AvgIpc) is 2.95. The van der Waals surface area contributed by atoms with E-state index in [1.165, 1.54) is 6.21 Å². The minimum Gasteiger partial charge on any atom is -0.436 e. The van der Waals surface area contributed by atoms with Gasteiger partial charge < -0.3 is 4.74 Å². The summed E-state index contributed by atoms with van der Waals surface area (Å²) in [6.45, 7) is 0. The minimum atomic E-state index is -0.749. The second kappa shape index (κ2) is 7.16. The van der Waals surface area contributed by atoms with Crippen molar-refractivity contribution in [2.75, 3.05) is 0 Å². The molecule has 1 aliphatic heterocycles. The van der Waals surface area contributed by atoms with Crippen molar-refractivity contribution < 1.29 is 18.7 Å². The van der Waals surface area contributed by atoms with Crippen molar-refractivity contribution >= 4 is 29.6 Å². The Kier molecular flexibility index (Phi) is 4.54. The fourth-order valence-electron chi connectivity index (χ4n) is 2.54. The van der Waals surface area contributed by atoms with Crippen LogP contribution in [0.2, 0.25) is 5.28 Å². The normalized spacial score (nSPS) is 13.3. The van der Waals surface area contributed by atoms with Crippen LogP contribution in [0.15, 0.2) is 59.8 Å². The Hall–Kier alpha value is -3.65. The fraction of sp³-hybridized carbons (Fsp3) is 0. The predicted molar refractivity (Wildman–Crippen MR) is 98.1 cm³/mol. The Morgan fingerprint density at radius 2 is 1.68 bits per heavy atom. The predicted octanol–water partition coefficient (Wildman–Crippen LogP) is 3.69. The molecule has 0 aliphatic carbocycles. The lowest BCUT2D eigenvalue weighted by Crippen LogP contribution is -2.23. The van der Waals surface area contributed by atoms with E-state index in [0.717, 1.165) is 11.2 Å². The number of hydrogen-bond donors (Lipinski definition) is 0. The lowest BCUT2D eigenvalue weighted by Gasteiger charge is -2.07. The summed E-state index contributed by atoms with van der Waals surface area (Å²) in [5.41, 5.74) is 1.24. The first kappa shape index (κ1) is 17.7. The number of halogens is 2. The first-order valence-electron chi connectivity index (χ1n) is 8.00. The van der Waals surface area contributed by atoms with E-state index < -0.39 is 17.6 Å². The number of fused-ring (bicyclic) bond motifs is 1. The largest absolute Gasteiger partial charge is 0.436 e. The maximum Gasteiger partial charge on any atom is 0.282 e. The third kappa shape index (κ3) is 3.33. The molecule has 2 heterocycles. The fourth-order valence-corrected chi connectivity index (χ4v) is 2.67. The molecule has 138 valence electrons. The third-order valence-corrected chi connectivity index (χ3v) is 4.05. The molecule has 0 saturated carbocycles. The van der Waals surface area contributed by atoms with Crippen LogP contribution >= 0.6 is 11.6 Å². The van der Waals surface area contributed by atoms with E-state index in [0.29, 0.717) is 22.4 Å². The Labute approximate surface area is 163 Å². The van der Waals surface area contributed by atoms with Gasteiger partial charge in [0.25, 0.3) is 17.7 Å². The number of carbonyl (C=O) groups is 2. The van der Waals surface area contributed by atoms with E-state index in [-0.39, 0.29) is 11.2 Å². The summed E-state index contributed by atoms with van der Waals surface area (Å²) in [5, 5.41) is 4.65. The third-order valence-electron chi connectivity index (χ3n) is 3.87. The first-order valence-corrected chi connectivity index (χ1v) is 8.38. The monoisotopic (exact) mass is 396 g/mol. The van der Waals surface area contributed by atoms with Gasteiger partial charge in [0.05, 0.1) is 23.5 Å². The standard InChI is InChI=1S/C19H10ClFN4O3/c20-19-22-10-15(21)16(24-19)28-12-7-5-11(6-8-12)9-23-25-17(26)13-3-1-2-4-14(13)18(25)27/h1-10H/b23-9+. The molecule has 2 aromatic carbocycles. The molecular formula is C19H10ClFN4O3. The second-order valence-electron chi connectivity index (χ2n) is 5.68. The van der Waals surface area contributed by atoms with Gasteiger partial charge >= 0.3 is 0 Å². The number of imide groups is 1. The topological polar surface area (TPSA) is 84.8 Å². The van der Waals surface area contributed by atoms with Crippen LogP contribution in [-0.2, 0) is 0 Å². The quantitative estimate of drug-likeness (QED) is 0.381. The van der Waals surface area contributed by atoms with Crippen molar-refractivity contribution in [2.45, 2.75) is 0 Å². The summed E-state index contributed by atoms with van der Waals surface area (Å²) in [6.07, 6.45) is 2.28. The molecule has 0 radical (unpaired) electrons. The highest BCUT2D eigenvalue weighted by Gasteiger charge is 2.35. The zero-order valence-corrected chi connectivity index (χ0v) is 14.8. The average molecular weight is 397 g/mol. The minimum absolute atomic E-state index is 0.138. The molecule has 2 amide bonds. The maximum absolute atomic E-state index is 13.6. The number of carbonyl (C=O) groups excluding carboxylic acids is 2. The SMILES string of the molecule is O=C1c2ccccc2C(=O)N1/N=C/c1ccc(Oc2nc(Cl)ncc2F)cc1. The van der Waals surface area contributed by atoms with E-state index in [1.54, 1.807) is 48.5 Å². The highest BCUT2D eigenvalue weighted by Crippen LogP contribution is 2.24. The summed E-state index contributed by atoms with van der Waals surface area (Å²) in [7, 11) is 0. The van der Waals surface area contributed by atoms with Gasteiger partial charge in [-0.1, -0.05) is 12.1 Å². The molecule has 9 heteroatoms. The van der Waals surface area contributed by atoms with Crippen LogP contribution in [0.4, 0.5) is 4.39 Å². The van der Waals surface area contributed by atoms with E-state index in [9.17, 15) is 14.0 Å². The number of aromatic nitrogens is 2. The number of hydrazone groups is 1. The van der Waals surface area contributed by atoms with Crippen molar-refractivity contribution in [3.8, 4) is 11.6 Å². The number of ether oxygens (including phenoxy) is 1. The van der Waals surface area contributed by atoms with Crippen LogP contribution in [0.3, 0.4) is 0 Å². The zero-order chi connectivity index (χ0) is 19.7. The number of amides is 2. The number of rotatable bonds is 4. The van der Waals surface area contributed by atoms with Crippen LogP contribution in [0.25, 0.3) is 0 Å². The lowest BCUT2D eigenvalue weighted by atomic mass is 10.1. The van der Waals surface area contributed by atoms with Crippen molar-refractivity contribution in [1.82, 2.24) is 15.0 Å². The maximum atomic E-state index is 13.6. The van der Waals surface area contributed by atoms with E-state index in [2.05, 4.69) is 15.1 Å². The summed E-state index contributed by atoms with van der Waals surface area (Å²) >= 11 is 5.62. The van der Waals surface area contributed by atoms with Gasteiger partial charge in [-0.25, -0.2) is 4.98 Å². The Bertz CT molecular complexity index is 1080. The van der Waals surface area contributed by atoms with Crippen LogP contribution < -0.4 is 4.74 Å². The second-order valence-corrected chi connectivity index (χ2v) is 6.01. The molecule has 1 aliphatic rings. The van der Waals surface area contributed by atoms with E-state index >= 15 is 0 Å². The van der Waals surface area contributed by atoms with E-state index in [4.69, 9.17) is 16.3 Å². The van der Waals surface area contributed by atoms with Crippen molar-refractivity contribution in [1.29, 1.82) is 0 Å². The van der Waals surface area contributed by atoms with Crippen LogP contribution in [-0.4, -0.2) is 33.0 Å². The highest BCUT2D eigenvalue weighted by atomic mass is 35.5. The zero-order valence-electron chi connectivity index (χ0n) is 14.0. The van der Waals surface area contributed by atoms with Crippen LogP contribution in [0.1, 0.15) is 26.3 Å². The smallest absolute Gasteiger partial charge is 0.282 e. The van der Waals surface area contributed by atoms with Crippen LogP contribution in [0.5, 0.6) is 11.6 Å². The van der Waals surface area contributed by atoms with Gasteiger partial charge in [0.2, 0.25) is 11.1 Å². The number of benzene rings is 2. The van der Waals surface area contributed by atoms with Gasteiger partial charge in [0.15, 0.2) is 0 Å². The molecular weight excluding hydrogens is 387 g/mol. The molecule has 0 atom stereocenters.